The van der Waals surface area contributed by atoms with Crippen LogP contribution in [-0.2, 0) is 9.53 Å². The molecule has 2 N–H and O–H groups in total. The van der Waals surface area contributed by atoms with Gasteiger partial charge in [0.1, 0.15) is 5.70 Å². The molecule has 2 aliphatic rings. The van der Waals surface area contributed by atoms with Crippen LogP contribution in [0.1, 0.15) is 0 Å². The highest BCUT2D eigenvalue weighted by Crippen LogP contribution is 2.28. The molecule has 0 saturated carbocycles. The highest BCUT2D eigenvalue weighted by atomic mass is 16.5. The number of aliphatic hydroxyl groups is 1. The lowest BCUT2D eigenvalue weighted by Crippen LogP contribution is -2.40. The van der Waals surface area contributed by atoms with Crippen molar-refractivity contribution in [3.63, 3.8) is 0 Å². The average Bonchev–Trinajstić information content (AvgIpc) is 2.33. The fourth-order valence-electron chi connectivity index (χ4n) is 1.70. The molecule has 0 aromatic rings. The molecule has 1 unspecified atom stereocenters. The minimum absolute atomic E-state index is 0.188. The van der Waals surface area contributed by atoms with E-state index in [-0.39, 0.29) is 5.78 Å². The van der Waals surface area contributed by atoms with E-state index >= 15 is 0 Å². The van der Waals surface area contributed by atoms with Crippen LogP contribution in [0.25, 0.3) is 0 Å². The zero-order chi connectivity index (χ0) is 12.6. The number of aliphatic hydroxyl groups excluding tert-OH is 1. The van der Waals surface area contributed by atoms with E-state index in [1.54, 1.807) is 30.3 Å². The van der Waals surface area contributed by atoms with Crippen molar-refractivity contribution in [2.24, 2.45) is 0 Å². The molecule has 17 heavy (non-hydrogen) atoms. The summed E-state index contributed by atoms with van der Waals surface area (Å²) in [6.45, 7) is 3.59. The lowest BCUT2D eigenvalue weighted by molar-refractivity contribution is -0.114. The number of ether oxygens (including phenoxy) is 1. The van der Waals surface area contributed by atoms with E-state index in [9.17, 15) is 9.90 Å². The van der Waals surface area contributed by atoms with Crippen molar-refractivity contribution in [3.05, 3.63) is 47.7 Å². The molecular formula is C12H14N2O3. The third-order valence-electron chi connectivity index (χ3n) is 2.74. The SMILES string of the molecule is C=C1C(=O)C(NC2=CC=CN(C)C2O)=C1OC. The summed E-state index contributed by atoms with van der Waals surface area (Å²) in [7, 11) is 3.22. The molecule has 90 valence electrons. The zero-order valence-corrected chi connectivity index (χ0v) is 9.73. The lowest BCUT2D eigenvalue weighted by atomic mass is 9.95. The van der Waals surface area contributed by atoms with Gasteiger partial charge in [-0.25, -0.2) is 0 Å². The number of Topliss-reactive ketones (excluding diaryl/α,β-unsaturated/α-hetero) is 1. The number of hydrogen-bond donors (Lipinski definition) is 2. The number of carbonyl (C=O) groups is 1. The van der Waals surface area contributed by atoms with Gasteiger partial charge in [-0.1, -0.05) is 6.58 Å². The first-order valence-electron chi connectivity index (χ1n) is 5.14. The maximum Gasteiger partial charge on any atom is 0.216 e. The van der Waals surface area contributed by atoms with Crippen LogP contribution in [-0.4, -0.2) is 36.2 Å². The van der Waals surface area contributed by atoms with Crippen molar-refractivity contribution < 1.29 is 14.6 Å². The second kappa shape index (κ2) is 4.10. The predicted molar refractivity (Wildman–Crippen MR) is 62.3 cm³/mol. The monoisotopic (exact) mass is 234 g/mol. The molecule has 0 aromatic heterocycles. The molecule has 0 saturated heterocycles. The van der Waals surface area contributed by atoms with Gasteiger partial charge in [0.15, 0.2) is 12.0 Å². The van der Waals surface area contributed by atoms with Gasteiger partial charge in [0.2, 0.25) is 5.78 Å². The van der Waals surface area contributed by atoms with Crippen LogP contribution in [0.15, 0.2) is 47.7 Å². The number of allylic oxidation sites excluding steroid dienone is 4. The van der Waals surface area contributed by atoms with E-state index in [2.05, 4.69) is 11.9 Å². The number of hydrogen-bond acceptors (Lipinski definition) is 5. The molecular weight excluding hydrogens is 220 g/mol. The number of carbonyl (C=O) groups excluding carboxylic acids is 1. The summed E-state index contributed by atoms with van der Waals surface area (Å²) in [6, 6.07) is 0. The first-order chi connectivity index (χ1) is 8.06. The summed E-state index contributed by atoms with van der Waals surface area (Å²) in [5.41, 5.74) is 1.22. The number of nitrogens with one attached hydrogen (secondary N) is 1. The Hall–Kier alpha value is -2.01. The Labute approximate surface area is 99.4 Å². The Morgan fingerprint density at radius 1 is 1.59 bits per heavy atom. The normalized spacial score (nSPS) is 23.6. The van der Waals surface area contributed by atoms with Crippen molar-refractivity contribution in [1.29, 1.82) is 0 Å². The summed E-state index contributed by atoms with van der Waals surface area (Å²) in [6.07, 6.45) is 4.43. The molecule has 5 nitrogen and oxygen atoms in total. The summed E-state index contributed by atoms with van der Waals surface area (Å²) < 4.78 is 5.04. The quantitative estimate of drug-likeness (QED) is 0.685. The molecule has 1 aliphatic heterocycles. The first kappa shape index (κ1) is 11.5. The fraction of sp³-hybridized carbons (Fsp3) is 0.250. The number of likely N-dealkylation sites (N-methyl/N-ethyl adjacent to an activating group) is 1. The lowest BCUT2D eigenvalue weighted by Gasteiger charge is -2.31. The molecule has 0 radical (unpaired) electrons. The number of rotatable bonds is 3. The van der Waals surface area contributed by atoms with Crippen LogP contribution in [0, 0.1) is 0 Å². The maximum atomic E-state index is 11.6. The first-order valence-corrected chi connectivity index (χ1v) is 5.14. The standard InChI is InChI=1S/C12H14N2O3/c1-7-10(15)9(11(7)17-3)13-8-5-4-6-14(2)12(8)16/h4-6,12-13,16H,1H2,2-3H3. The van der Waals surface area contributed by atoms with Gasteiger partial charge in [0, 0.05) is 13.2 Å². The van der Waals surface area contributed by atoms with Crippen LogP contribution in [0.3, 0.4) is 0 Å². The van der Waals surface area contributed by atoms with E-state index in [0.717, 1.165) is 0 Å². The number of nitrogens with zero attached hydrogens (tertiary/aromatic N) is 1. The molecule has 0 spiro atoms. The van der Waals surface area contributed by atoms with E-state index in [4.69, 9.17) is 4.74 Å². The summed E-state index contributed by atoms with van der Waals surface area (Å²) in [5.74, 6) is 0.257. The maximum absolute atomic E-state index is 11.6. The summed E-state index contributed by atoms with van der Waals surface area (Å²) in [5, 5.41) is 12.7. The molecule has 1 atom stereocenters. The average molecular weight is 234 g/mol. The fourth-order valence-corrected chi connectivity index (χ4v) is 1.70. The molecule has 5 heteroatoms. The minimum atomic E-state index is -0.799. The minimum Gasteiger partial charge on any atom is -0.494 e. The second-order valence-corrected chi connectivity index (χ2v) is 3.84. The highest BCUT2D eigenvalue weighted by Gasteiger charge is 2.35. The Kier molecular flexibility index (Phi) is 2.77. The highest BCUT2D eigenvalue weighted by molar-refractivity contribution is 6.18. The van der Waals surface area contributed by atoms with Gasteiger partial charge >= 0.3 is 0 Å². The third kappa shape index (κ3) is 1.74. The topological polar surface area (TPSA) is 61.8 Å². The van der Waals surface area contributed by atoms with Crippen LogP contribution >= 0.6 is 0 Å². The van der Waals surface area contributed by atoms with E-state index in [1.807, 2.05) is 0 Å². The van der Waals surface area contributed by atoms with Gasteiger partial charge in [-0.2, -0.15) is 0 Å². The molecule has 1 aliphatic carbocycles. The van der Waals surface area contributed by atoms with Gasteiger partial charge in [-0.05, 0) is 12.2 Å². The number of ketones is 1. The Balaban J connectivity index is 2.20. The van der Waals surface area contributed by atoms with Gasteiger partial charge in [-0.15, -0.1) is 0 Å². The van der Waals surface area contributed by atoms with Crippen molar-refractivity contribution in [1.82, 2.24) is 10.2 Å². The van der Waals surface area contributed by atoms with Crippen LogP contribution in [0.5, 0.6) is 0 Å². The van der Waals surface area contributed by atoms with Crippen molar-refractivity contribution in [2.45, 2.75) is 6.23 Å². The van der Waals surface area contributed by atoms with E-state index < -0.39 is 6.23 Å². The van der Waals surface area contributed by atoms with Crippen molar-refractivity contribution in [2.75, 3.05) is 14.2 Å². The van der Waals surface area contributed by atoms with Gasteiger partial charge < -0.3 is 20.1 Å². The van der Waals surface area contributed by atoms with Gasteiger partial charge in [0.25, 0.3) is 0 Å². The third-order valence-corrected chi connectivity index (χ3v) is 2.74. The molecule has 0 amide bonds. The van der Waals surface area contributed by atoms with Crippen LogP contribution in [0.2, 0.25) is 0 Å². The molecule has 0 fully saturated rings. The van der Waals surface area contributed by atoms with Crippen LogP contribution in [0.4, 0.5) is 0 Å². The Morgan fingerprint density at radius 3 is 2.94 bits per heavy atom. The van der Waals surface area contributed by atoms with Crippen LogP contribution < -0.4 is 5.32 Å². The molecule has 0 bridgehead atoms. The summed E-state index contributed by atoms with van der Waals surface area (Å²) >= 11 is 0. The molecule has 1 heterocycles. The Bertz CT molecular complexity index is 474. The van der Waals surface area contributed by atoms with Crippen molar-refractivity contribution in [3.8, 4) is 0 Å². The van der Waals surface area contributed by atoms with E-state index in [1.165, 1.54) is 7.11 Å². The zero-order valence-electron chi connectivity index (χ0n) is 9.73. The van der Waals surface area contributed by atoms with Gasteiger partial charge in [-0.3, -0.25) is 4.79 Å². The molecule has 2 rings (SSSR count). The second-order valence-electron chi connectivity index (χ2n) is 3.84. The van der Waals surface area contributed by atoms with E-state index in [0.29, 0.717) is 22.7 Å². The Morgan fingerprint density at radius 2 is 2.29 bits per heavy atom. The smallest absolute Gasteiger partial charge is 0.216 e. The molecule has 0 aromatic carbocycles. The number of methoxy groups -OCH3 is 1. The predicted octanol–water partition coefficient (Wildman–Crippen LogP) is 0.234. The van der Waals surface area contributed by atoms with Crippen molar-refractivity contribution >= 4 is 5.78 Å². The largest absolute Gasteiger partial charge is 0.494 e. The van der Waals surface area contributed by atoms with Gasteiger partial charge in [0.05, 0.1) is 18.4 Å². The summed E-state index contributed by atoms with van der Waals surface area (Å²) in [4.78, 5) is 13.2.